The lowest BCUT2D eigenvalue weighted by atomic mass is 10.2. The summed E-state index contributed by atoms with van der Waals surface area (Å²) in [5, 5.41) is 2.78. The summed E-state index contributed by atoms with van der Waals surface area (Å²) in [6.45, 7) is 5.03. The van der Waals surface area contributed by atoms with Gasteiger partial charge in [0, 0.05) is 35.4 Å². The molecule has 0 saturated heterocycles. The quantitative estimate of drug-likeness (QED) is 0.542. The van der Waals surface area contributed by atoms with Crippen LogP contribution in [0, 0.1) is 0 Å². The van der Waals surface area contributed by atoms with E-state index >= 15 is 0 Å². The summed E-state index contributed by atoms with van der Waals surface area (Å²) in [6.07, 6.45) is 0. The minimum Gasteiger partial charge on any atom is -0.496 e. The summed E-state index contributed by atoms with van der Waals surface area (Å²) in [5.74, 6) is 0.517. The molecule has 0 saturated carbocycles. The Labute approximate surface area is 187 Å². The van der Waals surface area contributed by atoms with Crippen molar-refractivity contribution in [3.8, 4) is 5.75 Å². The first-order chi connectivity index (χ1) is 14.2. The van der Waals surface area contributed by atoms with Gasteiger partial charge >= 0.3 is 0 Å². The highest BCUT2D eigenvalue weighted by atomic mass is 79.9. The second kappa shape index (κ2) is 10.9. The summed E-state index contributed by atoms with van der Waals surface area (Å²) < 4.78 is 33.1. The van der Waals surface area contributed by atoms with Crippen molar-refractivity contribution in [3.63, 3.8) is 0 Å². The number of hydrogen-bond acceptors (Lipinski definition) is 5. The van der Waals surface area contributed by atoms with E-state index in [2.05, 4.69) is 21.2 Å². The van der Waals surface area contributed by atoms with Crippen molar-refractivity contribution in [2.75, 3.05) is 39.1 Å². The van der Waals surface area contributed by atoms with Gasteiger partial charge < -0.3 is 10.1 Å². The number of carbonyl (C=O) groups is 1. The molecule has 2 aromatic rings. The SMILES string of the molecule is CCN(CC)S(=O)(=O)c1cccc(NC(=O)CN(C)Cc2cc(Br)ccc2OC)c1. The molecule has 0 bridgehead atoms. The highest BCUT2D eigenvalue weighted by molar-refractivity contribution is 9.10. The van der Waals surface area contributed by atoms with Crippen molar-refractivity contribution >= 4 is 37.5 Å². The molecule has 0 heterocycles. The molecule has 7 nitrogen and oxygen atoms in total. The monoisotopic (exact) mass is 497 g/mol. The molecular formula is C21H28BrN3O4S. The first-order valence-corrected chi connectivity index (χ1v) is 11.9. The Balaban J connectivity index is 2.06. The number of amides is 1. The Hall–Kier alpha value is -1.94. The predicted molar refractivity (Wildman–Crippen MR) is 122 cm³/mol. The third-order valence-corrected chi connectivity index (χ3v) is 7.10. The van der Waals surface area contributed by atoms with Crippen LogP contribution in [-0.4, -0.2) is 57.3 Å². The second-order valence-corrected chi connectivity index (χ2v) is 9.65. The molecule has 0 spiro atoms. The predicted octanol–water partition coefficient (Wildman–Crippen LogP) is 3.56. The molecule has 2 aromatic carbocycles. The molecule has 2 rings (SSSR count). The standard InChI is InChI=1S/C21H28BrN3O4S/c1-5-25(6-2)30(27,28)19-9-7-8-18(13-19)23-21(26)15-24(3)14-16-12-17(22)10-11-20(16)29-4/h7-13H,5-6,14-15H2,1-4H3,(H,23,26). The van der Waals surface area contributed by atoms with Crippen LogP contribution in [0.4, 0.5) is 5.69 Å². The lowest BCUT2D eigenvalue weighted by Crippen LogP contribution is -2.31. The van der Waals surface area contributed by atoms with Crippen LogP contribution in [0.25, 0.3) is 0 Å². The summed E-state index contributed by atoms with van der Waals surface area (Å²) >= 11 is 3.45. The molecule has 0 aliphatic rings. The van der Waals surface area contributed by atoms with Crippen LogP contribution in [0.5, 0.6) is 5.75 Å². The average molecular weight is 498 g/mol. The minimum atomic E-state index is -3.58. The van der Waals surface area contributed by atoms with Crippen molar-refractivity contribution < 1.29 is 17.9 Å². The van der Waals surface area contributed by atoms with Crippen LogP contribution in [-0.2, 0) is 21.4 Å². The van der Waals surface area contributed by atoms with Gasteiger partial charge in [0.25, 0.3) is 0 Å². The van der Waals surface area contributed by atoms with Gasteiger partial charge in [-0.15, -0.1) is 0 Å². The van der Waals surface area contributed by atoms with Crippen LogP contribution < -0.4 is 10.1 Å². The maximum Gasteiger partial charge on any atom is 0.243 e. The summed E-state index contributed by atoms with van der Waals surface area (Å²) in [5.41, 5.74) is 1.40. The number of likely N-dealkylation sites (N-methyl/N-ethyl adjacent to an activating group) is 1. The number of hydrogen-bond donors (Lipinski definition) is 1. The maximum atomic E-state index is 12.7. The zero-order chi connectivity index (χ0) is 22.3. The van der Waals surface area contributed by atoms with E-state index in [1.54, 1.807) is 33.1 Å². The molecule has 9 heteroatoms. The number of rotatable bonds is 10. The number of sulfonamides is 1. The van der Waals surface area contributed by atoms with Gasteiger partial charge in [-0.1, -0.05) is 35.8 Å². The summed E-state index contributed by atoms with van der Waals surface area (Å²) in [4.78, 5) is 14.5. The zero-order valence-electron chi connectivity index (χ0n) is 17.7. The Morgan fingerprint density at radius 1 is 1.13 bits per heavy atom. The largest absolute Gasteiger partial charge is 0.496 e. The van der Waals surface area contributed by atoms with Crippen molar-refractivity contribution in [3.05, 3.63) is 52.5 Å². The van der Waals surface area contributed by atoms with Crippen molar-refractivity contribution in [1.82, 2.24) is 9.21 Å². The van der Waals surface area contributed by atoms with Crippen LogP contribution in [0.1, 0.15) is 19.4 Å². The van der Waals surface area contributed by atoms with E-state index < -0.39 is 10.0 Å². The van der Waals surface area contributed by atoms with Crippen molar-refractivity contribution in [2.45, 2.75) is 25.3 Å². The molecule has 0 fully saturated rings. The van der Waals surface area contributed by atoms with E-state index in [4.69, 9.17) is 4.74 Å². The number of anilines is 1. The Morgan fingerprint density at radius 3 is 2.47 bits per heavy atom. The average Bonchev–Trinajstić information content (AvgIpc) is 2.69. The number of nitrogens with zero attached hydrogens (tertiary/aromatic N) is 2. The third-order valence-electron chi connectivity index (χ3n) is 4.56. The fraction of sp³-hybridized carbons (Fsp3) is 0.381. The molecule has 0 aliphatic heterocycles. The molecule has 0 atom stereocenters. The molecule has 1 amide bonds. The van der Waals surface area contributed by atoms with E-state index in [0.29, 0.717) is 25.3 Å². The van der Waals surface area contributed by atoms with Gasteiger partial charge in [-0.2, -0.15) is 4.31 Å². The number of halogens is 1. The molecule has 0 unspecified atom stereocenters. The van der Waals surface area contributed by atoms with Crippen LogP contribution in [0.2, 0.25) is 0 Å². The Kier molecular flexibility index (Phi) is 8.84. The van der Waals surface area contributed by atoms with Crippen LogP contribution in [0.15, 0.2) is 51.8 Å². The zero-order valence-corrected chi connectivity index (χ0v) is 20.1. The third kappa shape index (κ3) is 6.28. The minimum absolute atomic E-state index is 0.142. The van der Waals surface area contributed by atoms with Gasteiger partial charge in [0.1, 0.15) is 5.75 Å². The van der Waals surface area contributed by atoms with Gasteiger partial charge in [0.15, 0.2) is 0 Å². The van der Waals surface area contributed by atoms with Gasteiger partial charge in [0.05, 0.1) is 18.6 Å². The van der Waals surface area contributed by atoms with Crippen molar-refractivity contribution in [1.29, 1.82) is 0 Å². The number of benzene rings is 2. The molecule has 0 radical (unpaired) electrons. The number of carbonyl (C=O) groups excluding carboxylic acids is 1. The van der Waals surface area contributed by atoms with Gasteiger partial charge in [-0.3, -0.25) is 9.69 Å². The lowest BCUT2D eigenvalue weighted by Gasteiger charge is -2.20. The van der Waals surface area contributed by atoms with Crippen LogP contribution >= 0.6 is 15.9 Å². The fourth-order valence-electron chi connectivity index (χ4n) is 3.11. The highest BCUT2D eigenvalue weighted by Crippen LogP contribution is 2.24. The topological polar surface area (TPSA) is 79.0 Å². The Morgan fingerprint density at radius 2 is 1.83 bits per heavy atom. The van der Waals surface area contributed by atoms with E-state index in [1.165, 1.54) is 16.4 Å². The maximum absolute atomic E-state index is 12.7. The van der Waals surface area contributed by atoms with Crippen molar-refractivity contribution in [2.24, 2.45) is 0 Å². The second-order valence-electron chi connectivity index (χ2n) is 6.79. The number of methoxy groups -OCH3 is 1. The molecule has 0 aliphatic carbocycles. The molecular weight excluding hydrogens is 470 g/mol. The van der Waals surface area contributed by atoms with E-state index in [9.17, 15) is 13.2 Å². The Bertz CT molecular complexity index is 978. The summed E-state index contributed by atoms with van der Waals surface area (Å²) in [7, 11) is -0.137. The van der Waals surface area contributed by atoms with Gasteiger partial charge in [-0.25, -0.2) is 8.42 Å². The highest BCUT2D eigenvalue weighted by Gasteiger charge is 2.22. The van der Waals surface area contributed by atoms with E-state index in [0.717, 1.165) is 15.8 Å². The first-order valence-electron chi connectivity index (χ1n) is 9.62. The normalized spacial score (nSPS) is 11.7. The number of ether oxygens (including phenoxy) is 1. The van der Waals surface area contributed by atoms with Gasteiger partial charge in [0.2, 0.25) is 15.9 Å². The molecule has 30 heavy (non-hydrogen) atoms. The molecule has 164 valence electrons. The molecule has 0 aromatic heterocycles. The molecule has 1 N–H and O–H groups in total. The van der Waals surface area contributed by atoms with E-state index in [-0.39, 0.29) is 17.3 Å². The lowest BCUT2D eigenvalue weighted by molar-refractivity contribution is -0.117. The smallest absolute Gasteiger partial charge is 0.243 e. The number of nitrogens with one attached hydrogen (secondary N) is 1. The summed E-state index contributed by atoms with van der Waals surface area (Å²) in [6, 6.07) is 12.1. The first kappa shape index (κ1) is 24.3. The van der Waals surface area contributed by atoms with Crippen LogP contribution in [0.3, 0.4) is 0 Å². The fourth-order valence-corrected chi connectivity index (χ4v) is 5.02. The van der Waals surface area contributed by atoms with Gasteiger partial charge in [-0.05, 0) is 43.4 Å². The van der Waals surface area contributed by atoms with E-state index in [1.807, 2.05) is 30.1 Å².